The first kappa shape index (κ1) is 10.1. The van der Waals surface area contributed by atoms with E-state index in [1.807, 2.05) is 23.9 Å². The molecule has 1 aromatic heterocycles. The predicted octanol–water partition coefficient (Wildman–Crippen LogP) is 2.23. The zero-order valence-electron chi connectivity index (χ0n) is 8.37. The first-order chi connectivity index (χ1) is 7.04. The molecule has 0 aliphatic rings. The first-order valence-electron chi connectivity index (χ1n) is 4.68. The molecule has 0 saturated carbocycles. The minimum absolute atomic E-state index is 0.0284. The molecule has 1 aromatic carbocycles. The second-order valence-corrected chi connectivity index (χ2v) is 3.61. The summed E-state index contributed by atoms with van der Waals surface area (Å²) in [7, 11) is 1.83. The van der Waals surface area contributed by atoms with Crippen LogP contribution in [0.15, 0.2) is 30.5 Å². The first-order valence-corrected chi connectivity index (χ1v) is 4.68. The molecule has 0 fully saturated rings. The number of benzene rings is 1. The summed E-state index contributed by atoms with van der Waals surface area (Å²) in [6.07, 6.45) is 1.84. The fourth-order valence-electron chi connectivity index (χ4n) is 1.61. The zero-order valence-corrected chi connectivity index (χ0v) is 8.37. The van der Waals surface area contributed by atoms with Gasteiger partial charge in [0.25, 0.3) is 5.92 Å². The molecule has 80 valence electrons. The Balaban J connectivity index is 2.59. The topological polar surface area (TPSA) is 30.9 Å². The molecule has 2 aromatic rings. The highest BCUT2D eigenvalue weighted by Gasteiger charge is 2.29. The van der Waals surface area contributed by atoms with Crippen LogP contribution in [0.4, 0.5) is 8.78 Å². The standard InChI is InChI=1S/C11H12F2N2/c1-15-5-4-8-2-3-9(6-10(8)15)11(12,13)7-14/h2-6H,7,14H2,1H3. The molecule has 2 rings (SSSR count). The van der Waals surface area contributed by atoms with Crippen molar-refractivity contribution in [2.75, 3.05) is 6.54 Å². The second kappa shape index (κ2) is 3.31. The molecule has 0 aliphatic carbocycles. The van der Waals surface area contributed by atoms with Crippen molar-refractivity contribution < 1.29 is 8.78 Å². The van der Waals surface area contributed by atoms with Gasteiger partial charge in [0, 0.05) is 24.3 Å². The third kappa shape index (κ3) is 1.61. The molecular formula is C11H12F2N2. The van der Waals surface area contributed by atoms with Crippen LogP contribution in [0.25, 0.3) is 10.9 Å². The van der Waals surface area contributed by atoms with Gasteiger partial charge in [0.1, 0.15) is 0 Å². The third-order valence-corrected chi connectivity index (χ3v) is 2.57. The van der Waals surface area contributed by atoms with E-state index in [-0.39, 0.29) is 5.56 Å². The SMILES string of the molecule is Cn1ccc2ccc(C(F)(F)CN)cc21. The van der Waals surface area contributed by atoms with Gasteiger partial charge in [-0.15, -0.1) is 0 Å². The highest BCUT2D eigenvalue weighted by Crippen LogP contribution is 2.29. The minimum Gasteiger partial charge on any atom is -0.351 e. The van der Waals surface area contributed by atoms with E-state index in [9.17, 15) is 8.78 Å². The smallest absolute Gasteiger partial charge is 0.285 e. The molecule has 4 heteroatoms. The van der Waals surface area contributed by atoms with E-state index in [0.717, 1.165) is 10.9 Å². The summed E-state index contributed by atoms with van der Waals surface area (Å²) >= 11 is 0. The molecule has 0 amide bonds. The van der Waals surface area contributed by atoms with E-state index >= 15 is 0 Å². The molecule has 0 aliphatic heterocycles. The highest BCUT2D eigenvalue weighted by molar-refractivity contribution is 5.80. The lowest BCUT2D eigenvalue weighted by molar-refractivity contribution is 0.00606. The number of nitrogens with zero attached hydrogens (tertiary/aromatic N) is 1. The van der Waals surface area contributed by atoms with E-state index < -0.39 is 12.5 Å². The molecule has 0 spiro atoms. The monoisotopic (exact) mass is 210 g/mol. The highest BCUT2D eigenvalue weighted by atomic mass is 19.3. The van der Waals surface area contributed by atoms with E-state index in [2.05, 4.69) is 0 Å². The Labute approximate surface area is 86.3 Å². The van der Waals surface area contributed by atoms with Crippen molar-refractivity contribution in [2.24, 2.45) is 12.8 Å². The summed E-state index contributed by atoms with van der Waals surface area (Å²) in [5.74, 6) is -2.95. The van der Waals surface area contributed by atoms with Crippen molar-refractivity contribution in [3.63, 3.8) is 0 Å². The molecule has 0 bridgehead atoms. The number of hydrogen-bond acceptors (Lipinski definition) is 1. The van der Waals surface area contributed by atoms with E-state index in [0.29, 0.717) is 0 Å². The van der Waals surface area contributed by atoms with Gasteiger partial charge in [-0.25, -0.2) is 0 Å². The van der Waals surface area contributed by atoms with Crippen LogP contribution in [-0.2, 0) is 13.0 Å². The lowest BCUT2D eigenvalue weighted by Gasteiger charge is -2.14. The van der Waals surface area contributed by atoms with Crippen molar-refractivity contribution in [1.82, 2.24) is 4.57 Å². The Hall–Kier alpha value is -1.42. The van der Waals surface area contributed by atoms with Gasteiger partial charge >= 0.3 is 0 Å². The Bertz CT molecular complexity index is 488. The van der Waals surface area contributed by atoms with Gasteiger partial charge < -0.3 is 10.3 Å². The summed E-state index contributed by atoms with van der Waals surface area (Å²) in [6.45, 7) is -0.664. The van der Waals surface area contributed by atoms with Crippen LogP contribution < -0.4 is 5.73 Å². The summed E-state index contributed by atoms with van der Waals surface area (Å²) in [5, 5.41) is 0.953. The van der Waals surface area contributed by atoms with E-state index in [1.54, 1.807) is 6.07 Å². The number of aromatic nitrogens is 1. The lowest BCUT2D eigenvalue weighted by atomic mass is 10.1. The molecule has 15 heavy (non-hydrogen) atoms. The van der Waals surface area contributed by atoms with Gasteiger partial charge in [-0.2, -0.15) is 8.78 Å². The second-order valence-electron chi connectivity index (χ2n) is 3.61. The Morgan fingerprint density at radius 1 is 1.33 bits per heavy atom. The van der Waals surface area contributed by atoms with Gasteiger partial charge in [-0.05, 0) is 17.5 Å². The maximum atomic E-state index is 13.3. The Kier molecular flexibility index (Phi) is 2.23. The molecule has 0 radical (unpaired) electrons. The van der Waals surface area contributed by atoms with Crippen molar-refractivity contribution >= 4 is 10.9 Å². The summed E-state index contributed by atoms with van der Waals surface area (Å²) in [6, 6.07) is 6.49. The van der Waals surface area contributed by atoms with Crippen LogP contribution in [0.2, 0.25) is 0 Å². The number of fused-ring (bicyclic) bond motifs is 1. The number of alkyl halides is 2. The van der Waals surface area contributed by atoms with Crippen LogP contribution >= 0.6 is 0 Å². The molecule has 1 heterocycles. The van der Waals surface area contributed by atoms with Crippen molar-refractivity contribution in [2.45, 2.75) is 5.92 Å². The lowest BCUT2D eigenvalue weighted by Crippen LogP contribution is -2.24. The van der Waals surface area contributed by atoms with E-state index in [1.165, 1.54) is 12.1 Å². The van der Waals surface area contributed by atoms with Gasteiger partial charge in [0.05, 0.1) is 6.54 Å². The largest absolute Gasteiger partial charge is 0.351 e. The Morgan fingerprint density at radius 3 is 2.73 bits per heavy atom. The van der Waals surface area contributed by atoms with Crippen molar-refractivity contribution in [3.05, 3.63) is 36.0 Å². The maximum Gasteiger partial charge on any atom is 0.285 e. The number of aryl methyl sites for hydroxylation is 1. The number of halogens is 2. The minimum atomic E-state index is -2.95. The number of nitrogens with two attached hydrogens (primary N) is 1. The average Bonchev–Trinajstić information content (AvgIpc) is 2.60. The molecule has 0 saturated heterocycles. The van der Waals surface area contributed by atoms with Gasteiger partial charge in [0.2, 0.25) is 0 Å². The summed E-state index contributed by atoms with van der Waals surface area (Å²) in [4.78, 5) is 0. The summed E-state index contributed by atoms with van der Waals surface area (Å²) in [5.41, 5.74) is 5.80. The van der Waals surface area contributed by atoms with Gasteiger partial charge in [-0.3, -0.25) is 0 Å². The van der Waals surface area contributed by atoms with Crippen molar-refractivity contribution in [3.8, 4) is 0 Å². The molecular weight excluding hydrogens is 198 g/mol. The van der Waals surface area contributed by atoms with Crippen LogP contribution in [0.1, 0.15) is 5.56 Å². The number of rotatable bonds is 2. The molecule has 2 N–H and O–H groups in total. The predicted molar refractivity (Wildman–Crippen MR) is 55.9 cm³/mol. The number of hydrogen-bond donors (Lipinski definition) is 1. The molecule has 0 unspecified atom stereocenters. The zero-order chi connectivity index (χ0) is 11.1. The quantitative estimate of drug-likeness (QED) is 0.809. The Morgan fingerprint density at radius 2 is 2.07 bits per heavy atom. The van der Waals surface area contributed by atoms with Crippen LogP contribution in [0.5, 0.6) is 0 Å². The normalized spacial score (nSPS) is 12.3. The fourth-order valence-corrected chi connectivity index (χ4v) is 1.61. The van der Waals surface area contributed by atoms with Gasteiger partial charge in [-0.1, -0.05) is 12.1 Å². The van der Waals surface area contributed by atoms with Crippen LogP contribution in [0.3, 0.4) is 0 Å². The molecule has 0 atom stereocenters. The van der Waals surface area contributed by atoms with E-state index in [4.69, 9.17) is 5.73 Å². The van der Waals surface area contributed by atoms with Gasteiger partial charge in [0.15, 0.2) is 0 Å². The fraction of sp³-hybridized carbons (Fsp3) is 0.273. The third-order valence-electron chi connectivity index (χ3n) is 2.57. The summed E-state index contributed by atoms with van der Waals surface area (Å²) < 4.78 is 28.4. The molecule has 2 nitrogen and oxygen atoms in total. The maximum absolute atomic E-state index is 13.3. The van der Waals surface area contributed by atoms with Crippen molar-refractivity contribution in [1.29, 1.82) is 0 Å². The van der Waals surface area contributed by atoms with Crippen LogP contribution in [0, 0.1) is 0 Å². The average molecular weight is 210 g/mol. The van der Waals surface area contributed by atoms with Crippen LogP contribution in [-0.4, -0.2) is 11.1 Å².